The first kappa shape index (κ1) is 19.0. The monoisotopic (exact) mass is 428 g/mol. The van der Waals surface area contributed by atoms with Crippen LogP contribution in [0.5, 0.6) is 0 Å². The summed E-state index contributed by atoms with van der Waals surface area (Å²) in [6.07, 6.45) is -1.22. The van der Waals surface area contributed by atoms with Gasteiger partial charge in [-0.3, -0.25) is 4.79 Å². The number of nitrogens with one attached hydrogen (secondary N) is 1. The van der Waals surface area contributed by atoms with Crippen LogP contribution in [0, 0.1) is 23.7 Å². The lowest BCUT2D eigenvalue weighted by atomic mass is 9.60. The number of anilines is 1. The van der Waals surface area contributed by atoms with Crippen LogP contribution < -0.4 is 5.32 Å². The predicted octanol–water partition coefficient (Wildman–Crippen LogP) is 4.18. The molecule has 4 aliphatic carbocycles. The van der Waals surface area contributed by atoms with E-state index in [1.165, 1.54) is 6.07 Å². The SMILES string of the molecule is CCOC(=O)C1CC2(Nc3nc(Cl)nn4c(C(F)(F)F)ccc34)CCC1C1CC12. The molecule has 2 aromatic heterocycles. The lowest BCUT2D eigenvalue weighted by molar-refractivity contribution is -0.154. The topological polar surface area (TPSA) is 68.5 Å². The highest BCUT2D eigenvalue weighted by atomic mass is 35.5. The number of aromatic nitrogens is 3. The van der Waals surface area contributed by atoms with Crippen LogP contribution in [0.25, 0.3) is 5.52 Å². The van der Waals surface area contributed by atoms with Crippen molar-refractivity contribution in [2.24, 2.45) is 23.7 Å². The van der Waals surface area contributed by atoms with Crippen molar-refractivity contribution in [2.45, 2.75) is 44.3 Å². The van der Waals surface area contributed by atoms with E-state index in [-0.39, 0.29) is 28.5 Å². The number of fused-ring (bicyclic) bond motifs is 3. The molecule has 2 heterocycles. The second-order valence-corrected chi connectivity index (χ2v) is 8.63. The fourth-order valence-corrected chi connectivity index (χ4v) is 5.83. The predicted molar refractivity (Wildman–Crippen MR) is 98.4 cm³/mol. The molecule has 156 valence electrons. The van der Waals surface area contributed by atoms with Gasteiger partial charge >= 0.3 is 12.1 Å². The Hall–Kier alpha value is -2.03. The summed E-state index contributed by atoms with van der Waals surface area (Å²) in [6, 6.07) is 2.32. The molecule has 6 nitrogen and oxygen atoms in total. The number of carbonyl (C=O) groups excluding carboxylic acids is 1. The highest BCUT2D eigenvalue weighted by Gasteiger charge is 2.66. The van der Waals surface area contributed by atoms with Gasteiger partial charge in [0.2, 0.25) is 5.28 Å². The minimum Gasteiger partial charge on any atom is -0.466 e. The van der Waals surface area contributed by atoms with Gasteiger partial charge in [-0.15, -0.1) is 5.10 Å². The summed E-state index contributed by atoms with van der Waals surface area (Å²) in [5.41, 5.74) is -1.08. The Labute approximate surface area is 169 Å². The Kier molecular flexibility index (Phi) is 4.08. The molecule has 4 aliphatic rings. The minimum atomic E-state index is -4.56. The third-order valence-electron chi connectivity index (χ3n) is 6.86. The van der Waals surface area contributed by atoms with Gasteiger partial charge in [0.15, 0.2) is 5.82 Å². The summed E-state index contributed by atoms with van der Waals surface area (Å²) >= 11 is 5.96. The van der Waals surface area contributed by atoms with E-state index in [0.717, 1.165) is 29.8 Å². The highest BCUT2D eigenvalue weighted by Crippen LogP contribution is 2.67. The number of rotatable bonds is 4. The molecule has 5 unspecified atom stereocenters. The fourth-order valence-electron chi connectivity index (χ4n) is 5.67. The molecule has 0 aromatic carbocycles. The molecular weight excluding hydrogens is 409 g/mol. The number of hydrogen-bond donors (Lipinski definition) is 1. The standard InChI is InChI=1S/C19H20ClF3N4O2/c1-2-29-16(28)11-8-18(6-5-9(11)10-7-12(10)18)25-15-13-3-4-14(19(21,22)23)27(13)26-17(20)24-15/h3-4,9-12H,2,5-8H2,1H3,(H,24,25,26). The third kappa shape index (κ3) is 2.88. The summed E-state index contributed by atoms with van der Waals surface area (Å²) in [6.45, 7) is 2.13. The number of ether oxygens (including phenoxy) is 1. The van der Waals surface area contributed by atoms with Crippen LogP contribution in [0.4, 0.5) is 19.0 Å². The maximum Gasteiger partial charge on any atom is 0.433 e. The van der Waals surface area contributed by atoms with Crippen molar-refractivity contribution < 1.29 is 22.7 Å². The molecule has 4 fully saturated rings. The quantitative estimate of drug-likeness (QED) is 0.740. The number of carbonyl (C=O) groups is 1. The lowest BCUT2D eigenvalue weighted by Crippen LogP contribution is -2.54. The van der Waals surface area contributed by atoms with E-state index in [0.29, 0.717) is 30.8 Å². The van der Waals surface area contributed by atoms with Crippen LogP contribution in [0.15, 0.2) is 12.1 Å². The van der Waals surface area contributed by atoms with Crippen LogP contribution in [-0.4, -0.2) is 32.7 Å². The van der Waals surface area contributed by atoms with Gasteiger partial charge in [-0.2, -0.15) is 18.2 Å². The van der Waals surface area contributed by atoms with E-state index in [1.807, 2.05) is 0 Å². The molecule has 0 amide bonds. The van der Waals surface area contributed by atoms with Gasteiger partial charge < -0.3 is 10.1 Å². The van der Waals surface area contributed by atoms with Crippen molar-refractivity contribution in [3.63, 3.8) is 0 Å². The van der Waals surface area contributed by atoms with Crippen LogP contribution in [-0.2, 0) is 15.7 Å². The zero-order chi connectivity index (χ0) is 20.6. The van der Waals surface area contributed by atoms with Gasteiger partial charge in [0.1, 0.15) is 11.2 Å². The molecule has 0 aliphatic heterocycles. The summed E-state index contributed by atoms with van der Waals surface area (Å²) < 4.78 is 46.0. The third-order valence-corrected chi connectivity index (χ3v) is 7.02. The molecule has 4 saturated carbocycles. The molecule has 2 aromatic rings. The molecule has 0 saturated heterocycles. The van der Waals surface area contributed by atoms with Gasteiger partial charge in [0.05, 0.1) is 12.5 Å². The van der Waals surface area contributed by atoms with Crippen molar-refractivity contribution in [3.05, 3.63) is 23.1 Å². The second kappa shape index (κ2) is 6.23. The summed E-state index contributed by atoms with van der Waals surface area (Å²) in [7, 11) is 0. The van der Waals surface area contributed by atoms with Gasteiger partial charge in [0.25, 0.3) is 0 Å². The van der Waals surface area contributed by atoms with Crippen molar-refractivity contribution in [1.82, 2.24) is 14.6 Å². The second-order valence-electron chi connectivity index (χ2n) is 8.30. The first-order valence-corrected chi connectivity index (χ1v) is 10.2. The molecular formula is C19H20ClF3N4O2. The number of nitrogens with zero attached hydrogens (tertiary/aromatic N) is 3. The minimum absolute atomic E-state index is 0.179. The number of esters is 1. The Morgan fingerprint density at radius 2 is 2.21 bits per heavy atom. The van der Waals surface area contributed by atoms with Crippen LogP contribution in [0.2, 0.25) is 5.28 Å². The summed E-state index contributed by atoms with van der Waals surface area (Å²) in [5, 5.41) is 6.90. The number of hydrogen-bond acceptors (Lipinski definition) is 5. The van der Waals surface area contributed by atoms with Gasteiger partial charge in [0, 0.05) is 5.54 Å². The molecule has 0 radical (unpaired) electrons. The van der Waals surface area contributed by atoms with E-state index < -0.39 is 17.4 Å². The Morgan fingerprint density at radius 3 is 2.93 bits per heavy atom. The zero-order valence-electron chi connectivity index (χ0n) is 15.7. The molecule has 0 spiro atoms. The average molecular weight is 429 g/mol. The Morgan fingerprint density at radius 1 is 1.41 bits per heavy atom. The molecule has 6 rings (SSSR count). The van der Waals surface area contributed by atoms with E-state index in [9.17, 15) is 18.0 Å². The van der Waals surface area contributed by atoms with Crippen molar-refractivity contribution in [1.29, 1.82) is 0 Å². The van der Waals surface area contributed by atoms with Crippen molar-refractivity contribution in [3.8, 4) is 0 Å². The van der Waals surface area contributed by atoms with Crippen molar-refractivity contribution in [2.75, 3.05) is 11.9 Å². The molecule has 2 bridgehead atoms. The smallest absolute Gasteiger partial charge is 0.433 e. The Balaban J connectivity index is 1.52. The fraction of sp³-hybridized carbons (Fsp3) is 0.632. The lowest BCUT2D eigenvalue weighted by Gasteiger charge is -2.50. The van der Waals surface area contributed by atoms with E-state index in [4.69, 9.17) is 16.3 Å². The zero-order valence-corrected chi connectivity index (χ0v) is 16.4. The normalized spacial score (nSPS) is 32.9. The maximum absolute atomic E-state index is 13.3. The number of halogens is 4. The molecule has 29 heavy (non-hydrogen) atoms. The molecule has 5 atom stereocenters. The first-order valence-electron chi connectivity index (χ1n) is 9.81. The highest BCUT2D eigenvalue weighted by molar-refractivity contribution is 6.28. The van der Waals surface area contributed by atoms with Gasteiger partial charge in [-0.1, -0.05) is 0 Å². The summed E-state index contributed by atoms with van der Waals surface area (Å²) in [4.78, 5) is 16.7. The number of alkyl halides is 3. The van der Waals surface area contributed by atoms with Gasteiger partial charge in [-0.25, -0.2) is 4.52 Å². The molecule has 1 N–H and O–H groups in total. The average Bonchev–Trinajstić information content (AvgIpc) is 3.36. The van der Waals surface area contributed by atoms with E-state index in [2.05, 4.69) is 15.4 Å². The van der Waals surface area contributed by atoms with Crippen molar-refractivity contribution >= 4 is 28.9 Å². The van der Waals surface area contributed by atoms with E-state index >= 15 is 0 Å². The summed E-state index contributed by atoms with van der Waals surface area (Å²) in [5.74, 6) is 1.08. The largest absolute Gasteiger partial charge is 0.466 e. The van der Waals surface area contributed by atoms with Crippen LogP contribution in [0.3, 0.4) is 0 Å². The van der Waals surface area contributed by atoms with Crippen LogP contribution >= 0.6 is 11.6 Å². The maximum atomic E-state index is 13.3. The molecule has 10 heteroatoms. The van der Waals surface area contributed by atoms with Crippen LogP contribution in [0.1, 0.15) is 38.3 Å². The Bertz CT molecular complexity index is 994. The van der Waals surface area contributed by atoms with E-state index in [1.54, 1.807) is 6.92 Å². The first-order chi connectivity index (χ1) is 13.7. The van der Waals surface area contributed by atoms with Gasteiger partial charge in [-0.05, 0) is 74.1 Å².